The largest absolute Gasteiger partial charge is 0.468 e. The van der Waals surface area contributed by atoms with E-state index in [2.05, 4.69) is 21.3 Å². The SMILES string of the molecule is N#Cc1nc(-c2cccs2)oc1NCC(c1ccco1)N1CCCCC1. The number of oxazole rings is 1. The molecule has 1 saturated heterocycles. The maximum atomic E-state index is 9.39. The summed E-state index contributed by atoms with van der Waals surface area (Å²) in [7, 11) is 0. The van der Waals surface area contributed by atoms with Crippen LogP contribution in [0.1, 0.15) is 36.8 Å². The Hall–Kier alpha value is -2.56. The van der Waals surface area contributed by atoms with Crippen molar-refractivity contribution in [3.8, 4) is 16.8 Å². The van der Waals surface area contributed by atoms with Crippen molar-refractivity contribution < 1.29 is 8.83 Å². The average Bonchev–Trinajstić information content (AvgIpc) is 3.44. The zero-order valence-electron chi connectivity index (χ0n) is 14.4. The van der Waals surface area contributed by atoms with Gasteiger partial charge in [-0.2, -0.15) is 10.2 Å². The highest BCUT2D eigenvalue weighted by Crippen LogP contribution is 2.30. The van der Waals surface area contributed by atoms with Gasteiger partial charge >= 0.3 is 0 Å². The van der Waals surface area contributed by atoms with Crippen LogP contribution in [0.25, 0.3) is 10.8 Å². The van der Waals surface area contributed by atoms with Gasteiger partial charge in [-0.25, -0.2) is 0 Å². The standard InChI is InChI=1S/C19H20N4O2S/c20-12-14-18(25-19(22-14)17-7-5-11-26-17)21-13-15(16-6-4-10-24-16)23-8-2-1-3-9-23/h4-7,10-11,15,21H,1-3,8-9,13H2. The van der Waals surface area contributed by atoms with E-state index in [9.17, 15) is 5.26 Å². The van der Waals surface area contributed by atoms with Crippen molar-refractivity contribution in [3.05, 3.63) is 47.4 Å². The third-order valence-electron chi connectivity index (χ3n) is 4.62. The first kappa shape index (κ1) is 16.9. The maximum absolute atomic E-state index is 9.39. The molecule has 4 rings (SSSR count). The Bertz CT molecular complexity index is 858. The number of piperidine rings is 1. The number of rotatable bonds is 6. The number of thiophene rings is 1. The fourth-order valence-electron chi connectivity index (χ4n) is 3.33. The van der Waals surface area contributed by atoms with Crippen LogP contribution in [0.2, 0.25) is 0 Å². The maximum Gasteiger partial charge on any atom is 0.240 e. The summed E-state index contributed by atoms with van der Waals surface area (Å²) in [5, 5.41) is 14.6. The quantitative estimate of drug-likeness (QED) is 0.690. The summed E-state index contributed by atoms with van der Waals surface area (Å²) in [5.74, 6) is 1.83. The molecule has 0 bridgehead atoms. The Labute approximate surface area is 156 Å². The highest BCUT2D eigenvalue weighted by molar-refractivity contribution is 7.13. The summed E-state index contributed by atoms with van der Waals surface area (Å²) in [6.07, 6.45) is 5.38. The lowest BCUT2D eigenvalue weighted by Crippen LogP contribution is -2.37. The van der Waals surface area contributed by atoms with E-state index in [1.807, 2.05) is 29.6 Å². The van der Waals surface area contributed by atoms with Crippen LogP contribution in [0, 0.1) is 11.3 Å². The first-order valence-corrected chi connectivity index (χ1v) is 9.69. The minimum Gasteiger partial charge on any atom is -0.468 e. The minimum absolute atomic E-state index is 0.104. The number of likely N-dealkylation sites (tertiary alicyclic amines) is 1. The van der Waals surface area contributed by atoms with Crippen molar-refractivity contribution in [3.63, 3.8) is 0 Å². The average molecular weight is 368 g/mol. The van der Waals surface area contributed by atoms with E-state index in [1.165, 1.54) is 30.6 Å². The molecule has 26 heavy (non-hydrogen) atoms. The number of anilines is 1. The molecule has 0 saturated carbocycles. The molecule has 7 heteroatoms. The lowest BCUT2D eigenvalue weighted by molar-refractivity contribution is 0.152. The number of aromatic nitrogens is 1. The lowest BCUT2D eigenvalue weighted by atomic mass is 10.1. The molecule has 1 aliphatic heterocycles. The number of hydrogen-bond acceptors (Lipinski definition) is 7. The normalized spacial score (nSPS) is 16.3. The van der Waals surface area contributed by atoms with Crippen LogP contribution in [0.4, 0.5) is 5.88 Å². The van der Waals surface area contributed by atoms with Gasteiger partial charge in [0.15, 0.2) is 0 Å². The van der Waals surface area contributed by atoms with Crippen molar-refractivity contribution in [2.75, 3.05) is 25.0 Å². The summed E-state index contributed by atoms with van der Waals surface area (Å²) < 4.78 is 11.5. The molecule has 6 nitrogen and oxygen atoms in total. The van der Waals surface area contributed by atoms with Crippen LogP contribution in [0.15, 0.2) is 44.7 Å². The predicted octanol–water partition coefficient (Wildman–Crippen LogP) is 4.51. The monoisotopic (exact) mass is 368 g/mol. The van der Waals surface area contributed by atoms with E-state index in [0.29, 0.717) is 18.3 Å². The van der Waals surface area contributed by atoms with E-state index < -0.39 is 0 Å². The molecule has 4 heterocycles. The second-order valence-electron chi connectivity index (χ2n) is 6.29. The zero-order valence-corrected chi connectivity index (χ0v) is 15.2. The lowest BCUT2D eigenvalue weighted by Gasteiger charge is -2.33. The molecule has 3 aromatic heterocycles. The molecule has 0 aliphatic carbocycles. The number of hydrogen-bond donors (Lipinski definition) is 1. The van der Waals surface area contributed by atoms with Crippen LogP contribution in [0.5, 0.6) is 0 Å². The number of nitriles is 1. The van der Waals surface area contributed by atoms with Crippen LogP contribution < -0.4 is 5.32 Å². The summed E-state index contributed by atoms with van der Waals surface area (Å²) in [5.41, 5.74) is 0.283. The summed E-state index contributed by atoms with van der Waals surface area (Å²) in [6.45, 7) is 2.70. The van der Waals surface area contributed by atoms with Crippen LogP contribution in [-0.4, -0.2) is 29.5 Å². The Morgan fingerprint density at radius 2 is 2.15 bits per heavy atom. The van der Waals surface area contributed by atoms with Gasteiger partial charge in [-0.3, -0.25) is 4.90 Å². The first-order chi connectivity index (χ1) is 12.8. The fourth-order valence-corrected chi connectivity index (χ4v) is 3.98. The van der Waals surface area contributed by atoms with Crippen LogP contribution in [-0.2, 0) is 0 Å². The van der Waals surface area contributed by atoms with Crippen molar-refractivity contribution in [2.24, 2.45) is 0 Å². The predicted molar refractivity (Wildman–Crippen MR) is 99.9 cm³/mol. The Balaban J connectivity index is 1.53. The summed E-state index contributed by atoms with van der Waals surface area (Å²) in [6, 6.07) is 10.0. The van der Waals surface area contributed by atoms with E-state index >= 15 is 0 Å². The van der Waals surface area contributed by atoms with Gasteiger partial charge in [-0.1, -0.05) is 12.5 Å². The highest BCUT2D eigenvalue weighted by Gasteiger charge is 2.25. The number of furan rings is 1. The van der Waals surface area contributed by atoms with Gasteiger partial charge in [0.05, 0.1) is 17.2 Å². The molecule has 1 N–H and O–H groups in total. The molecule has 0 spiro atoms. The second-order valence-corrected chi connectivity index (χ2v) is 7.24. The van der Waals surface area contributed by atoms with Gasteiger partial charge in [0.25, 0.3) is 0 Å². The number of nitrogens with one attached hydrogen (secondary N) is 1. The van der Waals surface area contributed by atoms with Gasteiger partial charge in [-0.05, 0) is 49.5 Å². The topological polar surface area (TPSA) is 78.2 Å². The molecule has 0 amide bonds. The van der Waals surface area contributed by atoms with Gasteiger partial charge in [0, 0.05) is 6.54 Å². The van der Waals surface area contributed by atoms with Crippen molar-refractivity contribution >= 4 is 17.2 Å². The van der Waals surface area contributed by atoms with Gasteiger partial charge < -0.3 is 14.2 Å². The molecule has 3 aromatic rings. The molecular weight excluding hydrogens is 348 g/mol. The molecule has 1 atom stereocenters. The number of nitrogens with zero attached hydrogens (tertiary/aromatic N) is 3. The smallest absolute Gasteiger partial charge is 0.240 e. The Morgan fingerprint density at radius 3 is 2.85 bits per heavy atom. The Kier molecular flexibility index (Phi) is 5.04. The second kappa shape index (κ2) is 7.77. The molecule has 0 radical (unpaired) electrons. The van der Waals surface area contributed by atoms with E-state index in [0.717, 1.165) is 23.7 Å². The van der Waals surface area contributed by atoms with E-state index in [4.69, 9.17) is 8.83 Å². The molecule has 1 fully saturated rings. The first-order valence-electron chi connectivity index (χ1n) is 8.81. The van der Waals surface area contributed by atoms with Gasteiger partial charge in [0.2, 0.25) is 17.5 Å². The molecule has 1 unspecified atom stereocenters. The zero-order chi connectivity index (χ0) is 17.8. The highest BCUT2D eigenvalue weighted by atomic mass is 32.1. The van der Waals surface area contributed by atoms with Crippen molar-refractivity contribution in [1.82, 2.24) is 9.88 Å². The summed E-state index contributed by atoms with van der Waals surface area (Å²) in [4.78, 5) is 7.65. The fraction of sp³-hybridized carbons (Fsp3) is 0.368. The third-order valence-corrected chi connectivity index (χ3v) is 5.48. The van der Waals surface area contributed by atoms with Crippen LogP contribution >= 0.6 is 11.3 Å². The van der Waals surface area contributed by atoms with Gasteiger partial charge in [-0.15, -0.1) is 11.3 Å². The molecule has 0 aromatic carbocycles. The van der Waals surface area contributed by atoms with E-state index in [-0.39, 0.29) is 11.7 Å². The minimum atomic E-state index is 0.104. The molecule has 134 valence electrons. The molecular formula is C19H20N4O2S. The third kappa shape index (κ3) is 3.52. The Morgan fingerprint density at radius 1 is 1.27 bits per heavy atom. The summed E-state index contributed by atoms with van der Waals surface area (Å²) >= 11 is 1.54. The van der Waals surface area contributed by atoms with Crippen molar-refractivity contribution in [1.29, 1.82) is 5.26 Å². The van der Waals surface area contributed by atoms with Crippen molar-refractivity contribution in [2.45, 2.75) is 25.3 Å². The van der Waals surface area contributed by atoms with Crippen LogP contribution in [0.3, 0.4) is 0 Å². The van der Waals surface area contributed by atoms with E-state index in [1.54, 1.807) is 6.26 Å². The molecule has 1 aliphatic rings. The van der Waals surface area contributed by atoms with Gasteiger partial charge in [0.1, 0.15) is 11.8 Å².